The maximum atomic E-state index is 12.1. The van der Waals surface area contributed by atoms with Gasteiger partial charge in [0.25, 0.3) is 5.91 Å². The molecule has 5 nitrogen and oxygen atoms in total. The van der Waals surface area contributed by atoms with Crippen LogP contribution in [0.25, 0.3) is 0 Å². The summed E-state index contributed by atoms with van der Waals surface area (Å²) in [6, 6.07) is 16.4. The SMILES string of the molecule is CC(=O)c1ccc(NC(=O)/C(C#N)=C\NCc2ccc(C)cc2)cc1. The molecule has 25 heavy (non-hydrogen) atoms. The molecule has 126 valence electrons. The average molecular weight is 333 g/mol. The molecular formula is C20H19N3O2. The van der Waals surface area contributed by atoms with E-state index in [-0.39, 0.29) is 11.4 Å². The van der Waals surface area contributed by atoms with Crippen molar-refractivity contribution in [3.05, 3.63) is 77.0 Å². The number of nitrogens with zero attached hydrogens (tertiary/aromatic N) is 1. The fourth-order valence-electron chi connectivity index (χ4n) is 2.11. The fourth-order valence-corrected chi connectivity index (χ4v) is 2.11. The number of nitrogens with one attached hydrogen (secondary N) is 2. The lowest BCUT2D eigenvalue weighted by Crippen LogP contribution is -2.16. The van der Waals surface area contributed by atoms with Crippen LogP contribution in [-0.2, 0) is 11.3 Å². The Morgan fingerprint density at radius 1 is 1.08 bits per heavy atom. The molecule has 0 saturated heterocycles. The Kier molecular flexibility index (Phi) is 6.08. The molecule has 0 unspecified atom stereocenters. The van der Waals surface area contributed by atoms with Crippen LogP contribution in [-0.4, -0.2) is 11.7 Å². The van der Waals surface area contributed by atoms with Gasteiger partial charge >= 0.3 is 0 Å². The molecular weight excluding hydrogens is 314 g/mol. The van der Waals surface area contributed by atoms with Crippen molar-refractivity contribution in [2.75, 3.05) is 5.32 Å². The molecule has 0 bridgehead atoms. The number of anilines is 1. The maximum Gasteiger partial charge on any atom is 0.267 e. The quantitative estimate of drug-likeness (QED) is 0.482. The summed E-state index contributed by atoms with van der Waals surface area (Å²) in [5.74, 6) is -0.551. The first-order valence-electron chi connectivity index (χ1n) is 7.81. The second kappa shape index (κ2) is 8.46. The Morgan fingerprint density at radius 2 is 1.72 bits per heavy atom. The van der Waals surface area contributed by atoms with Crippen molar-refractivity contribution in [2.45, 2.75) is 20.4 Å². The third-order valence-corrected chi connectivity index (χ3v) is 3.59. The van der Waals surface area contributed by atoms with Crippen LogP contribution in [0.2, 0.25) is 0 Å². The molecule has 5 heteroatoms. The molecule has 0 aromatic heterocycles. The number of aryl methyl sites for hydroxylation is 1. The normalized spacial score (nSPS) is 10.7. The lowest BCUT2D eigenvalue weighted by Gasteiger charge is -2.06. The first-order valence-corrected chi connectivity index (χ1v) is 7.81. The van der Waals surface area contributed by atoms with Crippen LogP contribution in [0.3, 0.4) is 0 Å². The third-order valence-electron chi connectivity index (χ3n) is 3.59. The number of hydrogen-bond donors (Lipinski definition) is 2. The van der Waals surface area contributed by atoms with E-state index >= 15 is 0 Å². The first kappa shape index (κ1) is 18.0. The zero-order valence-corrected chi connectivity index (χ0v) is 14.2. The molecule has 0 atom stereocenters. The van der Waals surface area contributed by atoms with Crippen LogP contribution in [0.5, 0.6) is 0 Å². The monoisotopic (exact) mass is 333 g/mol. The molecule has 0 aliphatic rings. The zero-order chi connectivity index (χ0) is 18.2. The van der Waals surface area contributed by atoms with Gasteiger partial charge in [-0.3, -0.25) is 9.59 Å². The van der Waals surface area contributed by atoms with E-state index in [2.05, 4.69) is 10.6 Å². The Morgan fingerprint density at radius 3 is 2.28 bits per heavy atom. The molecule has 2 rings (SSSR count). The van der Waals surface area contributed by atoms with Gasteiger partial charge in [-0.15, -0.1) is 0 Å². The predicted molar refractivity (Wildman–Crippen MR) is 96.8 cm³/mol. The van der Waals surface area contributed by atoms with E-state index in [0.29, 0.717) is 17.8 Å². The number of carbonyl (C=O) groups excluding carboxylic acids is 2. The molecule has 0 fully saturated rings. The highest BCUT2D eigenvalue weighted by molar-refractivity contribution is 6.06. The van der Waals surface area contributed by atoms with Crippen LogP contribution in [0.1, 0.15) is 28.4 Å². The van der Waals surface area contributed by atoms with Gasteiger partial charge in [0.2, 0.25) is 0 Å². The van der Waals surface area contributed by atoms with Crippen LogP contribution in [0.4, 0.5) is 5.69 Å². The van der Waals surface area contributed by atoms with Crippen LogP contribution >= 0.6 is 0 Å². The van der Waals surface area contributed by atoms with Gasteiger partial charge in [0, 0.05) is 24.0 Å². The standard InChI is InChI=1S/C20H19N3O2/c1-14-3-5-16(6-4-14)12-22-13-18(11-21)20(25)23-19-9-7-17(8-10-19)15(2)24/h3-10,13,22H,12H2,1-2H3,(H,23,25)/b18-13-. The Bertz CT molecular complexity index is 829. The van der Waals surface area contributed by atoms with Crippen molar-refractivity contribution >= 4 is 17.4 Å². The molecule has 2 aromatic rings. The molecule has 0 spiro atoms. The van der Waals surface area contributed by atoms with E-state index in [4.69, 9.17) is 5.26 Å². The minimum absolute atomic E-state index is 0.0252. The Hall–Kier alpha value is -3.39. The summed E-state index contributed by atoms with van der Waals surface area (Å²) < 4.78 is 0. The van der Waals surface area contributed by atoms with Gasteiger partial charge in [0.05, 0.1) is 0 Å². The minimum atomic E-state index is -0.505. The fraction of sp³-hybridized carbons (Fsp3) is 0.150. The van der Waals surface area contributed by atoms with E-state index in [1.807, 2.05) is 37.3 Å². The molecule has 0 aliphatic carbocycles. The number of rotatable bonds is 6. The molecule has 0 saturated carbocycles. The molecule has 0 aliphatic heterocycles. The molecule has 0 heterocycles. The number of amides is 1. The summed E-state index contributed by atoms with van der Waals surface area (Å²) in [6.45, 7) is 4.01. The highest BCUT2D eigenvalue weighted by atomic mass is 16.1. The topological polar surface area (TPSA) is 82.0 Å². The van der Waals surface area contributed by atoms with Crippen molar-refractivity contribution in [2.24, 2.45) is 0 Å². The number of ketones is 1. The number of Topliss-reactive ketones (excluding diaryl/α,β-unsaturated/α-hetero) is 1. The largest absolute Gasteiger partial charge is 0.386 e. The summed E-state index contributed by atoms with van der Waals surface area (Å²) in [5.41, 5.74) is 3.29. The third kappa shape index (κ3) is 5.33. The summed E-state index contributed by atoms with van der Waals surface area (Å²) in [5, 5.41) is 14.8. The molecule has 2 aromatic carbocycles. The molecule has 2 N–H and O–H groups in total. The van der Waals surface area contributed by atoms with Crippen molar-refractivity contribution in [1.29, 1.82) is 5.26 Å². The van der Waals surface area contributed by atoms with Crippen molar-refractivity contribution in [3.8, 4) is 6.07 Å². The lowest BCUT2D eigenvalue weighted by atomic mass is 10.1. The number of benzene rings is 2. The Balaban J connectivity index is 1.96. The summed E-state index contributed by atoms with van der Waals surface area (Å²) in [7, 11) is 0. The smallest absolute Gasteiger partial charge is 0.267 e. The zero-order valence-electron chi connectivity index (χ0n) is 14.2. The number of nitriles is 1. The van der Waals surface area contributed by atoms with E-state index in [0.717, 1.165) is 5.56 Å². The van der Waals surface area contributed by atoms with Gasteiger partial charge in [-0.25, -0.2) is 0 Å². The average Bonchev–Trinajstić information content (AvgIpc) is 2.60. The summed E-state index contributed by atoms with van der Waals surface area (Å²) >= 11 is 0. The van der Waals surface area contributed by atoms with Gasteiger partial charge in [-0.1, -0.05) is 29.8 Å². The van der Waals surface area contributed by atoms with Gasteiger partial charge in [-0.2, -0.15) is 5.26 Å². The van der Waals surface area contributed by atoms with Crippen LogP contribution in [0.15, 0.2) is 60.3 Å². The van der Waals surface area contributed by atoms with Crippen LogP contribution in [0, 0.1) is 18.3 Å². The van der Waals surface area contributed by atoms with Gasteiger partial charge < -0.3 is 10.6 Å². The van der Waals surface area contributed by atoms with E-state index in [1.54, 1.807) is 24.3 Å². The van der Waals surface area contributed by atoms with Crippen molar-refractivity contribution in [3.63, 3.8) is 0 Å². The van der Waals surface area contributed by atoms with E-state index in [9.17, 15) is 9.59 Å². The number of carbonyl (C=O) groups is 2. The van der Waals surface area contributed by atoms with Gasteiger partial charge in [-0.05, 0) is 43.7 Å². The highest BCUT2D eigenvalue weighted by Crippen LogP contribution is 2.11. The minimum Gasteiger partial charge on any atom is -0.386 e. The Labute approximate surface area is 147 Å². The van der Waals surface area contributed by atoms with E-state index in [1.165, 1.54) is 18.7 Å². The van der Waals surface area contributed by atoms with E-state index < -0.39 is 5.91 Å². The first-order chi connectivity index (χ1) is 12.0. The number of hydrogen-bond acceptors (Lipinski definition) is 4. The van der Waals surface area contributed by atoms with Gasteiger partial charge in [0.15, 0.2) is 5.78 Å². The molecule has 1 amide bonds. The maximum absolute atomic E-state index is 12.1. The highest BCUT2D eigenvalue weighted by Gasteiger charge is 2.09. The van der Waals surface area contributed by atoms with Crippen molar-refractivity contribution < 1.29 is 9.59 Å². The van der Waals surface area contributed by atoms with Crippen molar-refractivity contribution in [1.82, 2.24) is 5.32 Å². The second-order valence-corrected chi connectivity index (χ2v) is 5.62. The predicted octanol–water partition coefficient (Wildman–Crippen LogP) is 3.33. The summed E-state index contributed by atoms with van der Waals surface area (Å²) in [6.07, 6.45) is 1.40. The molecule has 0 radical (unpaired) electrons. The second-order valence-electron chi connectivity index (χ2n) is 5.62. The van der Waals surface area contributed by atoms with Crippen LogP contribution < -0.4 is 10.6 Å². The summed E-state index contributed by atoms with van der Waals surface area (Å²) in [4.78, 5) is 23.4. The van der Waals surface area contributed by atoms with Gasteiger partial charge in [0.1, 0.15) is 11.6 Å². The lowest BCUT2D eigenvalue weighted by molar-refractivity contribution is -0.112.